The van der Waals surface area contributed by atoms with Gasteiger partial charge in [0.15, 0.2) is 16.8 Å². The summed E-state index contributed by atoms with van der Waals surface area (Å²) in [7, 11) is 1.46. The fourth-order valence-corrected chi connectivity index (χ4v) is 2.99. The molecule has 0 unspecified atom stereocenters. The van der Waals surface area contributed by atoms with E-state index in [1.807, 2.05) is 0 Å². The Bertz CT molecular complexity index is 681. The van der Waals surface area contributed by atoms with Crippen LogP contribution in [-0.2, 0) is 0 Å². The lowest BCUT2D eigenvalue weighted by Gasteiger charge is -2.20. The summed E-state index contributed by atoms with van der Waals surface area (Å²) in [5.41, 5.74) is 0.269. The molecule has 1 aliphatic rings. The molecule has 0 aliphatic heterocycles. The monoisotopic (exact) mass is 274 g/mol. The van der Waals surface area contributed by atoms with Crippen molar-refractivity contribution in [3.8, 4) is 11.5 Å². The van der Waals surface area contributed by atoms with Gasteiger partial charge < -0.3 is 14.3 Å². The fraction of sp³-hybridized carbons (Fsp3) is 0.438. The predicted molar refractivity (Wildman–Crippen MR) is 76.5 cm³/mol. The van der Waals surface area contributed by atoms with Crippen molar-refractivity contribution in [3.05, 3.63) is 34.2 Å². The van der Waals surface area contributed by atoms with Crippen molar-refractivity contribution in [1.29, 1.82) is 0 Å². The number of phenols is 1. The Hall–Kier alpha value is -1.97. The van der Waals surface area contributed by atoms with Crippen LogP contribution in [0.2, 0.25) is 0 Å². The van der Waals surface area contributed by atoms with Gasteiger partial charge in [-0.15, -0.1) is 0 Å². The van der Waals surface area contributed by atoms with E-state index in [1.165, 1.54) is 32.4 Å². The highest BCUT2D eigenvalue weighted by Crippen LogP contribution is 2.37. The molecule has 3 rings (SSSR count). The molecule has 1 aromatic carbocycles. The number of methoxy groups -OCH3 is 1. The van der Waals surface area contributed by atoms with Crippen LogP contribution in [0.4, 0.5) is 0 Å². The maximum atomic E-state index is 12.2. The van der Waals surface area contributed by atoms with Crippen molar-refractivity contribution >= 4 is 11.0 Å². The van der Waals surface area contributed by atoms with Gasteiger partial charge in [0, 0.05) is 12.0 Å². The van der Waals surface area contributed by atoms with Gasteiger partial charge in [0.2, 0.25) is 5.75 Å². The number of hydrogen-bond acceptors (Lipinski definition) is 4. The number of hydrogen-bond donors (Lipinski definition) is 1. The van der Waals surface area contributed by atoms with Crippen LogP contribution >= 0.6 is 0 Å². The molecule has 4 nitrogen and oxygen atoms in total. The van der Waals surface area contributed by atoms with Crippen LogP contribution in [0.5, 0.6) is 11.5 Å². The molecule has 1 aromatic heterocycles. The molecular weight excluding hydrogens is 256 g/mol. The van der Waals surface area contributed by atoms with Crippen molar-refractivity contribution in [1.82, 2.24) is 0 Å². The predicted octanol–water partition coefficient (Wildman–Crippen LogP) is 3.55. The molecule has 0 amide bonds. The Morgan fingerprint density at radius 3 is 2.70 bits per heavy atom. The normalized spacial score (nSPS) is 16.4. The zero-order valence-corrected chi connectivity index (χ0v) is 11.5. The minimum Gasteiger partial charge on any atom is -0.504 e. The standard InChI is InChI=1S/C16H18O4/c1-19-16-12(17)8-7-11-13(18)9-14(20-15(11)16)10-5-3-2-4-6-10/h7-10,17H,2-6H2,1H3. The van der Waals surface area contributed by atoms with Crippen molar-refractivity contribution in [2.45, 2.75) is 38.0 Å². The van der Waals surface area contributed by atoms with Gasteiger partial charge in [-0.3, -0.25) is 4.79 Å². The number of aromatic hydroxyl groups is 1. The Labute approximate surface area is 117 Å². The molecule has 1 saturated carbocycles. The molecule has 1 heterocycles. The molecule has 106 valence electrons. The molecule has 0 bridgehead atoms. The van der Waals surface area contributed by atoms with Crippen LogP contribution in [0.3, 0.4) is 0 Å². The number of ether oxygens (including phenoxy) is 1. The Kier molecular flexibility index (Phi) is 3.38. The summed E-state index contributed by atoms with van der Waals surface area (Å²) >= 11 is 0. The lowest BCUT2D eigenvalue weighted by molar-refractivity contribution is 0.355. The van der Waals surface area contributed by atoms with Gasteiger partial charge in [-0.05, 0) is 25.0 Å². The van der Waals surface area contributed by atoms with E-state index in [9.17, 15) is 9.90 Å². The summed E-state index contributed by atoms with van der Waals surface area (Å²) in [4.78, 5) is 12.2. The number of fused-ring (bicyclic) bond motifs is 1. The van der Waals surface area contributed by atoms with Crippen molar-refractivity contribution in [2.75, 3.05) is 7.11 Å². The van der Waals surface area contributed by atoms with E-state index in [0.717, 1.165) is 12.8 Å². The van der Waals surface area contributed by atoms with E-state index >= 15 is 0 Å². The van der Waals surface area contributed by atoms with Crippen molar-refractivity contribution < 1.29 is 14.3 Å². The molecule has 20 heavy (non-hydrogen) atoms. The van der Waals surface area contributed by atoms with Gasteiger partial charge in [-0.25, -0.2) is 0 Å². The quantitative estimate of drug-likeness (QED) is 0.909. The largest absolute Gasteiger partial charge is 0.504 e. The summed E-state index contributed by atoms with van der Waals surface area (Å²) in [6.45, 7) is 0. The number of rotatable bonds is 2. The topological polar surface area (TPSA) is 59.7 Å². The van der Waals surface area contributed by atoms with E-state index in [0.29, 0.717) is 22.6 Å². The zero-order chi connectivity index (χ0) is 14.1. The molecule has 1 aliphatic carbocycles. The first-order chi connectivity index (χ1) is 9.70. The van der Waals surface area contributed by atoms with Crippen LogP contribution < -0.4 is 10.2 Å². The maximum absolute atomic E-state index is 12.2. The first-order valence-electron chi connectivity index (χ1n) is 7.04. The van der Waals surface area contributed by atoms with Crippen molar-refractivity contribution in [2.24, 2.45) is 0 Å². The second kappa shape index (κ2) is 5.19. The van der Waals surface area contributed by atoms with Gasteiger partial charge in [-0.1, -0.05) is 19.3 Å². The van der Waals surface area contributed by atoms with Gasteiger partial charge in [0.05, 0.1) is 12.5 Å². The second-order valence-corrected chi connectivity index (χ2v) is 5.34. The minimum absolute atomic E-state index is 0.0102. The molecular formula is C16H18O4. The molecule has 2 aromatic rings. The lowest BCUT2D eigenvalue weighted by atomic mass is 9.87. The van der Waals surface area contributed by atoms with Gasteiger partial charge in [0.1, 0.15) is 5.76 Å². The first kappa shape index (κ1) is 13.0. The summed E-state index contributed by atoms with van der Waals surface area (Å²) in [5.74, 6) is 1.24. The van der Waals surface area contributed by atoms with Crippen LogP contribution in [-0.4, -0.2) is 12.2 Å². The summed E-state index contributed by atoms with van der Waals surface area (Å²) < 4.78 is 11.1. The van der Waals surface area contributed by atoms with Gasteiger partial charge >= 0.3 is 0 Å². The number of benzene rings is 1. The second-order valence-electron chi connectivity index (χ2n) is 5.34. The average Bonchev–Trinajstić information content (AvgIpc) is 2.48. The third kappa shape index (κ3) is 2.15. The third-order valence-corrected chi connectivity index (χ3v) is 4.06. The average molecular weight is 274 g/mol. The van der Waals surface area contributed by atoms with E-state index in [-0.39, 0.29) is 16.9 Å². The highest BCUT2D eigenvalue weighted by atomic mass is 16.5. The Morgan fingerprint density at radius 2 is 2.00 bits per heavy atom. The summed E-state index contributed by atoms with van der Waals surface area (Å²) in [5, 5.41) is 10.3. The Morgan fingerprint density at radius 1 is 1.25 bits per heavy atom. The molecule has 0 spiro atoms. The van der Waals surface area contributed by atoms with E-state index < -0.39 is 0 Å². The molecule has 0 radical (unpaired) electrons. The SMILES string of the molecule is COc1c(O)ccc2c(=O)cc(C3CCCCC3)oc12. The first-order valence-corrected chi connectivity index (χ1v) is 7.04. The van der Waals surface area contributed by atoms with E-state index in [1.54, 1.807) is 12.1 Å². The highest BCUT2D eigenvalue weighted by molar-refractivity contribution is 5.85. The summed E-state index contributed by atoms with van der Waals surface area (Å²) in [6.07, 6.45) is 5.69. The zero-order valence-electron chi connectivity index (χ0n) is 11.5. The van der Waals surface area contributed by atoms with Crippen LogP contribution in [0.1, 0.15) is 43.8 Å². The molecule has 0 saturated heterocycles. The Balaban J connectivity index is 2.18. The van der Waals surface area contributed by atoms with Crippen LogP contribution in [0.15, 0.2) is 27.4 Å². The van der Waals surface area contributed by atoms with E-state index in [2.05, 4.69) is 0 Å². The van der Waals surface area contributed by atoms with E-state index in [4.69, 9.17) is 9.15 Å². The molecule has 1 fully saturated rings. The van der Waals surface area contributed by atoms with Gasteiger partial charge in [0.25, 0.3) is 0 Å². The summed E-state index contributed by atoms with van der Waals surface area (Å²) in [6, 6.07) is 4.62. The molecule has 0 atom stereocenters. The van der Waals surface area contributed by atoms with Crippen molar-refractivity contribution in [3.63, 3.8) is 0 Å². The van der Waals surface area contributed by atoms with Gasteiger partial charge in [-0.2, -0.15) is 0 Å². The maximum Gasteiger partial charge on any atom is 0.204 e. The molecule has 1 N–H and O–H groups in total. The van der Waals surface area contributed by atoms with Crippen LogP contribution in [0, 0.1) is 0 Å². The minimum atomic E-state index is -0.0786. The smallest absolute Gasteiger partial charge is 0.204 e. The highest BCUT2D eigenvalue weighted by Gasteiger charge is 2.21. The number of phenolic OH excluding ortho intramolecular Hbond substituents is 1. The lowest BCUT2D eigenvalue weighted by Crippen LogP contribution is -2.09. The fourth-order valence-electron chi connectivity index (χ4n) is 2.99. The third-order valence-electron chi connectivity index (χ3n) is 4.06. The molecule has 4 heteroatoms. The van der Waals surface area contributed by atoms with Crippen LogP contribution in [0.25, 0.3) is 11.0 Å².